The van der Waals surface area contributed by atoms with Crippen molar-refractivity contribution in [1.82, 2.24) is 0 Å². The largest absolute Gasteiger partial charge is 0.370 e. The van der Waals surface area contributed by atoms with E-state index >= 15 is 0 Å². The molecule has 4 heteroatoms. The number of nitrogens with one attached hydrogen (secondary N) is 1. The van der Waals surface area contributed by atoms with Crippen molar-refractivity contribution in [3.63, 3.8) is 0 Å². The number of carbonyl (C=O) groups excluding carboxylic acids is 1. The lowest BCUT2D eigenvalue weighted by molar-refractivity contribution is -0.111. The Balaban J connectivity index is 1.69. The van der Waals surface area contributed by atoms with Crippen molar-refractivity contribution in [2.24, 2.45) is 0 Å². The van der Waals surface area contributed by atoms with Gasteiger partial charge in [-0.3, -0.25) is 4.79 Å². The quantitative estimate of drug-likeness (QED) is 0.833. The van der Waals surface area contributed by atoms with E-state index < -0.39 is 0 Å². The highest BCUT2D eigenvalue weighted by Crippen LogP contribution is 2.28. The number of anilines is 2. The van der Waals surface area contributed by atoms with Gasteiger partial charge in [0, 0.05) is 24.2 Å². The number of nitrogens with zero attached hydrogens (tertiary/aromatic N) is 1. The van der Waals surface area contributed by atoms with Crippen LogP contribution in [0.5, 0.6) is 0 Å². The highest BCUT2D eigenvalue weighted by Gasteiger charge is 2.15. The van der Waals surface area contributed by atoms with Crippen LogP contribution in [0.3, 0.4) is 0 Å². The van der Waals surface area contributed by atoms with E-state index in [4.69, 9.17) is 11.6 Å². The van der Waals surface area contributed by atoms with Crippen molar-refractivity contribution in [1.29, 1.82) is 0 Å². The Bertz CT molecular complexity index is 704. The van der Waals surface area contributed by atoms with Crippen LogP contribution in [0.2, 0.25) is 5.02 Å². The summed E-state index contributed by atoms with van der Waals surface area (Å²) in [5.74, 6) is -0.133. The van der Waals surface area contributed by atoms with Crippen LogP contribution in [0.15, 0.2) is 54.6 Å². The predicted molar refractivity (Wildman–Crippen MR) is 97.0 cm³/mol. The molecular formula is C19H19ClN2O. The molecule has 0 radical (unpaired) electrons. The number of amides is 1. The van der Waals surface area contributed by atoms with Gasteiger partial charge in [-0.1, -0.05) is 35.9 Å². The highest BCUT2D eigenvalue weighted by molar-refractivity contribution is 6.30. The molecule has 23 heavy (non-hydrogen) atoms. The molecule has 0 bridgehead atoms. The van der Waals surface area contributed by atoms with Gasteiger partial charge >= 0.3 is 0 Å². The highest BCUT2D eigenvalue weighted by atomic mass is 35.5. The summed E-state index contributed by atoms with van der Waals surface area (Å²) in [5.41, 5.74) is 2.90. The average molecular weight is 327 g/mol. The van der Waals surface area contributed by atoms with E-state index in [0.29, 0.717) is 5.02 Å². The number of carbonyl (C=O) groups is 1. The van der Waals surface area contributed by atoms with E-state index in [0.717, 1.165) is 30.0 Å². The van der Waals surface area contributed by atoms with Crippen molar-refractivity contribution in [2.75, 3.05) is 23.3 Å². The Kier molecular flexibility index (Phi) is 4.99. The molecule has 0 spiro atoms. The van der Waals surface area contributed by atoms with E-state index in [9.17, 15) is 4.79 Å². The number of hydrogen-bond donors (Lipinski definition) is 1. The van der Waals surface area contributed by atoms with Crippen molar-refractivity contribution < 1.29 is 4.79 Å². The molecule has 1 heterocycles. The van der Waals surface area contributed by atoms with Gasteiger partial charge in [0.05, 0.1) is 11.4 Å². The van der Waals surface area contributed by atoms with Crippen LogP contribution in [0.1, 0.15) is 18.4 Å². The molecule has 3 rings (SSSR count). The van der Waals surface area contributed by atoms with Crippen LogP contribution in [0.4, 0.5) is 11.4 Å². The zero-order chi connectivity index (χ0) is 16.1. The number of halogens is 1. The lowest BCUT2D eigenvalue weighted by Gasteiger charge is -2.21. The van der Waals surface area contributed by atoms with E-state index in [1.165, 1.54) is 12.8 Å². The Morgan fingerprint density at radius 2 is 1.74 bits per heavy atom. The molecule has 0 unspecified atom stereocenters. The molecule has 0 saturated carbocycles. The maximum absolute atomic E-state index is 12.2. The van der Waals surface area contributed by atoms with Crippen LogP contribution in [0.25, 0.3) is 6.08 Å². The summed E-state index contributed by atoms with van der Waals surface area (Å²) < 4.78 is 0. The Morgan fingerprint density at radius 3 is 2.48 bits per heavy atom. The Labute approximate surface area is 141 Å². The fourth-order valence-corrected chi connectivity index (χ4v) is 2.86. The van der Waals surface area contributed by atoms with Crippen LogP contribution in [0, 0.1) is 0 Å². The number of para-hydroxylation sites is 2. The van der Waals surface area contributed by atoms with E-state index in [1.54, 1.807) is 12.2 Å². The summed E-state index contributed by atoms with van der Waals surface area (Å²) in [6, 6.07) is 15.3. The van der Waals surface area contributed by atoms with Gasteiger partial charge in [-0.05, 0) is 48.7 Å². The van der Waals surface area contributed by atoms with Crippen molar-refractivity contribution >= 4 is 35.0 Å². The van der Waals surface area contributed by atoms with Gasteiger partial charge in [0.1, 0.15) is 0 Å². The monoisotopic (exact) mass is 326 g/mol. The number of benzene rings is 2. The minimum absolute atomic E-state index is 0.133. The van der Waals surface area contributed by atoms with Crippen LogP contribution in [-0.2, 0) is 4.79 Å². The van der Waals surface area contributed by atoms with Gasteiger partial charge in [-0.2, -0.15) is 0 Å². The first-order valence-corrected chi connectivity index (χ1v) is 8.19. The predicted octanol–water partition coefficient (Wildman–Crippen LogP) is 4.59. The molecule has 0 aliphatic carbocycles. The molecule has 1 N–H and O–H groups in total. The molecule has 1 aliphatic heterocycles. The fraction of sp³-hybridized carbons (Fsp3) is 0.211. The van der Waals surface area contributed by atoms with E-state index in [1.807, 2.05) is 42.5 Å². The molecule has 2 aromatic carbocycles. The summed E-state index contributed by atoms with van der Waals surface area (Å²) >= 11 is 5.85. The van der Waals surface area contributed by atoms with Crippen molar-refractivity contribution in [3.05, 3.63) is 65.2 Å². The minimum atomic E-state index is -0.133. The zero-order valence-electron chi connectivity index (χ0n) is 12.8. The van der Waals surface area contributed by atoms with Crippen molar-refractivity contribution in [3.8, 4) is 0 Å². The molecule has 0 aromatic heterocycles. The van der Waals surface area contributed by atoms with Gasteiger partial charge in [0.2, 0.25) is 5.91 Å². The summed E-state index contributed by atoms with van der Waals surface area (Å²) in [6.07, 6.45) is 5.74. The van der Waals surface area contributed by atoms with Gasteiger partial charge < -0.3 is 10.2 Å². The third-order valence-electron chi connectivity index (χ3n) is 3.91. The summed E-state index contributed by atoms with van der Waals surface area (Å²) in [6.45, 7) is 2.10. The normalized spacial score (nSPS) is 14.4. The molecule has 1 fully saturated rings. The lowest BCUT2D eigenvalue weighted by atomic mass is 10.2. The minimum Gasteiger partial charge on any atom is -0.370 e. The first-order chi connectivity index (χ1) is 11.2. The Hall–Kier alpha value is -2.26. The van der Waals surface area contributed by atoms with Gasteiger partial charge in [0.25, 0.3) is 0 Å². The first kappa shape index (κ1) is 15.6. The number of hydrogen-bond acceptors (Lipinski definition) is 2. The summed E-state index contributed by atoms with van der Waals surface area (Å²) in [4.78, 5) is 14.5. The second-order valence-corrected chi connectivity index (χ2v) is 6.02. The van der Waals surface area contributed by atoms with Crippen LogP contribution in [-0.4, -0.2) is 19.0 Å². The van der Waals surface area contributed by atoms with Gasteiger partial charge in [0.15, 0.2) is 0 Å². The molecule has 1 saturated heterocycles. The van der Waals surface area contributed by atoms with Gasteiger partial charge in [-0.15, -0.1) is 0 Å². The maximum atomic E-state index is 12.2. The van der Waals surface area contributed by atoms with Gasteiger partial charge in [-0.25, -0.2) is 0 Å². The topological polar surface area (TPSA) is 32.3 Å². The number of rotatable bonds is 4. The second-order valence-electron chi connectivity index (χ2n) is 5.59. The molecule has 0 atom stereocenters. The Morgan fingerprint density at radius 1 is 1.04 bits per heavy atom. The summed E-state index contributed by atoms with van der Waals surface area (Å²) in [5, 5.41) is 3.66. The molecule has 3 nitrogen and oxygen atoms in total. The molecule has 1 aliphatic rings. The van der Waals surface area contributed by atoms with Crippen LogP contribution >= 0.6 is 11.6 Å². The summed E-state index contributed by atoms with van der Waals surface area (Å²) in [7, 11) is 0. The molecule has 2 aromatic rings. The van der Waals surface area contributed by atoms with Crippen LogP contribution < -0.4 is 10.2 Å². The SMILES string of the molecule is O=C(/C=C\c1ccc(Cl)cc1)Nc1ccccc1N1CCCC1. The van der Waals surface area contributed by atoms with E-state index in [-0.39, 0.29) is 5.91 Å². The lowest BCUT2D eigenvalue weighted by Crippen LogP contribution is -2.20. The van der Waals surface area contributed by atoms with E-state index in [2.05, 4.69) is 16.3 Å². The standard InChI is InChI=1S/C19H19ClN2O/c20-16-10-7-15(8-11-16)9-12-19(23)21-17-5-1-2-6-18(17)22-13-3-4-14-22/h1-2,5-12H,3-4,13-14H2,(H,21,23)/b12-9-. The second kappa shape index (κ2) is 7.34. The molecule has 118 valence electrons. The smallest absolute Gasteiger partial charge is 0.248 e. The maximum Gasteiger partial charge on any atom is 0.248 e. The van der Waals surface area contributed by atoms with Crippen molar-refractivity contribution in [2.45, 2.75) is 12.8 Å². The zero-order valence-corrected chi connectivity index (χ0v) is 13.6. The first-order valence-electron chi connectivity index (χ1n) is 7.81. The third-order valence-corrected chi connectivity index (χ3v) is 4.16. The average Bonchev–Trinajstić information content (AvgIpc) is 3.09. The molecule has 1 amide bonds. The third kappa shape index (κ3) is 4.14. The fourth-order valence-electron chi connectivity index (χ4n) is 2.73. The molecular weight excluding hydrogens is 308 g/mol.